The SMILES string of the molecule is CCCOc1ccc(/C=N/NC(=O)c2ccc(C)cc2C)c(O)c1. The lowest BCUT2D eigenvalue weighted by Gasteiger charge is -2.07. The van der Waals surface area contributed by atoms with Gasteiger partial charge >= 0.3 is 0 Å². The number of benzene rings is 2. The van der Waals surface area contributed by atoms with Gasteiger partial charge in [0.1, 0.15) is 11.5 Å². The molecule has 0 spiro atoms. The van der Waals surface area contributed by atoms with Crippen molar-refractivity contribution >= 4 is 12.1 Å². The molecule has 0 fully saturated rings. The van der Waals surface area contributed by atoms with Gasteiger partial charge in [0.2, 0.25) is 0 Å². The average Bonchev–Trinajstić information content (AvgIpc) is 2.54. The molecule has 0 radical (unpaired) electrons. The van der Waals surface area contributed by atoms with Crippen molar-refractivity contribution in [3.05, 3.63) is 58.7 Å². The monoisotopic (exact) mass is 326 g/mol. The van der Waals surface area contributed by atoms with Crippen LogP contribution in [0, 0.1) is 13.8 Å². The van der Waals surface area contributed by atoms with Gasteiger partial charge in [0, 0.05) is 17.2 Å². The van der Waals surface area contributed by atoms with E-state index in [1.54, 1.807) is 18.2 Å². The minimum absolute atomic E-state index is 0.0492. The van der Waals surface area contributed by atoms with E-state index in [0.717, 1.165) is 17.5 Å². The van der Waals surface area contributed by atoms with E-state index in [2.05, 4.69) is 10.5 Å². The van der Waals surface area contributed by atoms with Crippen LogP contribution in [0.2, 0.25) is 0 Å². The summed E-state index contributed by atoms with van der Waals surface area (Å²) in [5.74, 6) is 0.366. The summed E-state index contributed by atoms with van der Waals surface area (Å²) in [5, 5.41) is 13.9. The first kappa shape index (κ1) is 17.5. The summed E-state index contributed by atoms with van der Waals surface area (Å²) in [6, 6.07) is 10.6. The van der Waals surface area contributed by atoms with Gasteiger partial charge in [-0.1, -0.05) is 24.6 Å². The number of carbonyl (C=O) groups is 1. The molecular formula is C19H22N2O3. The van der Waals surface area contributed by atoms with E-state index in [-0.39, 0.29) is 11.7 Å². The molecule has 0 unspecified atom stereocenters. The number of hydrogen-bond acceptors (Lipinski definition) is 4. The summed E-state index contributed by atoms with van der Waals surface area (Å²) in [6.45, 7) is 6.47. The van der Waals surface area contributed by atoms with Crippen molar-refractivity contribution in [1.29, 1.82) is 0 Å². The van der Waals surface area contributed by atoms with E-state index >= 15 is 0 Å². The molecule has 0 saturated heterocycles. The molecule has 2 N–H and O–H groups in total. The molecule has 0 saturated carbocycles. The molecule has 2 rings (SSSR count). The van der Waals surface area contributed by atoms with Crippen LogP contribution < -0.4 is 10.2 Å². The van der Waals surface area contributed by atoms with E-state index in [9.17, 15) is 9.90 Å². The number of nitrogens with one attached hydrogen (secondary N) is 1. The number of phenolic OH excluding ortho intramolecular Hbond substituents is 1. The molecule has 126 valence electrons. The number of rotatable bonds is 6. The Bertz CT molecular complexity index is 754. The predicted molar refractivity (Wildman–Crippen MR) is 94.9 cm³/mol. The Morgan fingerprint density at radius 1 is 1.25 bits per heavy atom. The topological polar surface area (TPSA) is 70.9 Å². The molecule has 0 aromatic heterocycles. The first-order valence-electron chi connectivity index (χ1n) is 7.87. The fourth-order valence-electron chi connectivity index (χ4n) is 2.23. The van der Waals surface area contributed by atoms with E-state index in [1.807, 2.05) is 32.9 Å². The van der Waals surface area contributed by atoms with E-state index < -0.39 is 0 Å². The van der Waals surface area contributed by atoms with Crippen LogP contribution in [0.15, 0.2) is 41.5 Å². The van der Waals surface area contributed by atoms with Crippen LogP contribution in [0.1, 0.15) is 40.4 Å². The van der Waals surface area contributed by atoms with Gasteiger partial charge in [0.15, 0.2) is 0 Å². The maximum Gasteiger partial charge on any atom is 0.271 e. The zero-order chi connectivity index (χ0) is 17.5. The van der Waals surface area contributed by atoms with Gasteiger partial charge in [-0.05, 0) is 44.0 Å². The number of hydrogen-bond donors (Lipinski definition) is 2. The van der Waals surface area contributed by atoms with Gasteiger partial charge in [-0.2, -0.15) is 5.10 Å². The van der Waals surface area contributed by atoms with Crippen molar-refractivity contribution < 1.29 is 14.6 Å². The lowest BCUT2D eigenvalue weighted by molar-refractivity contribution is 0.0954. The molecule has 0 aliphatic rings. The first-order valence-corrected chi connectivity index (χ1v) is 7.87. The molecule has 24 heavy (non-hydrogen) atoms. The number of aromatic hydroxyl groups is 1. The maximum absolute atomic E-state index is 12.1. The summed E-state index contributed by atoms with van der Waals surface area (Å²) in [7, 11) is 0. The van der Waals surface area contributed by atoms with Crippen molar-refractivity contribution in [1.82, 2.24) is 5.43 Å². The summed E-state index contributed by atoms with van der Waals surface area (Å²) in [4.78, 5) is 12.1. The van der Waals surface area contributed by atoms with Crippen molar-refractivity contribution in [3.8, 4) is 11.5 Å². The van der Waals surface area contributed by atoms with Crippen LogP contribution in [0.25, 0.3) is 0 Å². The Morgan fingerprint density at radius 2 is 2.04 bits per heavy atom. The van der Waals surface area contributed by atoms with Crippen molar-refractivity contribution in [2.45, 2.75) is 27.2 Å². The molecule has 0 heterocycles. The van der Waals surface area contributed by atoms with Crippen LogP contribution in [0.5, 0.6) is 11.5 Å². The fraction of sp³-hybridized carbons (Fsp3) is 0.263. The number of aryl methyl sites for hydroxylation is 2. The zero-order valence-corrected chi connectivity index (χ0v) is 14.2. The predicted octanol–water partition coefficient (Wildman–Crippen LogP) is 3.56. The highest BCUT2D eigenvalue weighted by atomic mass is 16.5. The minimum Gasteiger partial charge on any atom is -0.507 e. The Morgan fingerprint density at radius 3 is 2.71 bits per heavy atom. The van der Waals surface area contributed by atoms with Crippen molar-refractivity contribution in [2.24, 2.45) is 5.10 Å². The third-order valence-electron chi connectivity index (χ3n) is 3.47. The van der Waals surface area contributed by atoms with Gasteiger partial charge in [-0.3, -0.25) is 4.79 Å². The van der Waals surface area contributed by atoms with Gasteiger partial charge < -0.3 is 9.84 Å². The molecule has 5 heteroatoms. The number of carbonyl (C=O) groups excluding carboxylic acids is 1. The van der Waals surface area contributed by atoms with E-state index in [4.69, 9.17) is 4.74 Å². The molecule has 0 bridgehead atoms. The standard InChI is InChI=1S/C19H22N2O3/c1-4-9-24-16-7-6-15(18(22)11-16)12-20-21-19(23)17-8-5-13(2)10-14(17)3/h5-8,10-12,22H,4,9H2,1-3H3,(H,21,23)/b20-12+. The molecule has 0 atom stereocenters. The van der Waals surface area contributed by atoms with Crippen LogP contribution >= 0.6 is 0 Å². The average molecular weight is 326 g/mol. The molecular weight excluding hydrogens is 304 g/mol. The van der Waals surface area contributed by atoms with Gasteiger partial charge in [0.05, 0.1) is 12.8 Å². The second-order valence-electron chi connectivity index (χ2n) is 5.59. The minimum atomic E-state index is -0.286. The Labute approximate surface area is 142 Å². The Balaban J connectivity index is 2.02. The van der Waals surface area contributed by atoms with Crippen LogP contribution in [-0.4, -0.2) is 23.8 Å². The Hall–Kier alpha value is -2.82. The first-order chi connectivity index (χ1) is 11.5. The molecule has 0 aliphatic carbocycles. The highest BCUT2D eigenvalue weighted by molar-refractivity contribution is 5.96. The summed E-state index contributed by atoms with van der Waals surface area (Å²) < 4.78 is 5.44. The maximum atomic E-state index is 12.1. The number of amides is 1. The molecule has 1 amide bonds. The number of hydrazone groups is 1. The lowest BCUT2D eigenvalue weighted by atomic mass is 10.1. The summed E-state index contributed by atoms with van der Waals surface area (Å²) in [5.41, 5.74) is 5.54. The van der Waals surface area contributed by atoms with Gasteiger partial charge in [-0.25, -0.2) is 5.43 Å². The van der Waals surface area contributed by atoms with Crippen molar-refractivity contribution in [3.63, 3.8) is 0 Å². The summed E-state index contributed by atoms with van der Waals surface area (Å²) in [6.07, 6.45) is 2.30. The third-order valence-corrected chi connectivity index (χ3v) is 3.47. The fourth-order valence-corrected chi connectivity index (χ4v) is 2.23. The second-order valence-corrected chi connectivity index (χ2v) is 5.59. The highest BCUT2D eigenvalue weighted by Gasteiger charge is 2.08. The van der Waals surface area contributed by atoms with Gasteiger partial charge in [-0.15, -0.1) is 0 Å². The molecule has 0 aliphatic heterocycles. The second kappa shape index (κ2) is 8.15. The van der Waals surface area contributed by atoms with Crippen LogP contribution in [0.4, 0.5) is 0 Å². The van der Waals surface area contributed by atoms with E-state index in [0.29, 0.717) is 23.5 Å². The summed E-state index contributed by atoms with van der Waals surface area (Å²) >= 11 is 0. The highest BCUT2D eigenvalue weighted by Crippen LogP contribution is 2.22. The third kappa shape index (κ3) is 4.59. The number of phenols is 1. The van der Waals surface area contributed by atoms with Gasteiger partial charge in [0.25, 0.3) is 5.91 Å². The Kier molecular flexibility index (Phi) is 5.95. The number of ether oxygens (including phenoxy) is 1. The zero-order valence-electron chi connectivity index (χ0n) is 14.2. The largest absolute Gasteiger partial charge is 0.507 e. The van der Waals surface area contributed by atoms with E-state index in [1.165, 1.54) is 12.3 Å². The number of nitrogens with zero attached hydrogens (tertiary/aromatic N) is 1. The van der Waals surface area contributed by atoms with Crippen LogP contribution in [0.3, 0.4) is 0 Å². The van der Waals surface area contributed by atoms with Crippen molar-refractivity contribution in [2.75, 3.05) is 6.61 Å². The molecule has 2 aromatic rings. The molecule has 2 aromatic carbocycles. The normalized spacial score (nSPS) is 10.8. The quantitative estimate of drug-likeness (QED) is 0.630. The van der Waals surface area contributed by atoms with Crippen LogP contribution in [-0.2, 0) is 0 Å². The molecule has 5 nitrogen and oxygen atoms in total. The lowest BCUT2D eigenvalue weighted by Crippen LogP contribution is -2.18. The smallest absolute Gasteiger partial charge is 0.271 e.